The van der Waals surface area contributed by atoms with E-state index in [1.165, 1.54) is 17.8 Å². The average Bonchev–Trinajstić information content (AvgIpc) is 3.71. The van der Waals surface area contributed by atoms with Crippen LogP contribution < -0.4 is 9.64 Å². The van der Waals surface area contributed by atoms with E-state index < -0.39 is 22.5 Å². The summed E-state index contributed by atoms with van der Waals surface area (Å²) in [6, 6.07) is 13.0. The van der Waals surface area contributed by atoms with Gasteiger partial charge in [0.1, 0.15) is 16.9 Å². The summed E-state index contributed by atoms with van der Waals surface area (Å²) in [5, 5.41) is 9.00. The first-order chi connectivity index (χ1) is 16.9. The van der Waals surface area contributed by atoms with Gasteiger partial charge in [0, 0.05) is 30.9 Å². The Morgan fingerprint density at radius 2 is 2.00 bits per heavy atom. The highest BCUT2D eigenvalue weighted by molar-refractivity contribution is 7.98. The molecule has 2 aromatic rings. The van der Waals surface area contributed by atoms with E-state index in [4.69, 9.17) is 9.84 Å². The third-order valence-corrected chi connectivity index (χ3v) is 9.19. The number of rotatable bonds is 10. The van der Waals surface area contributed by atoms with Gasteiger partial charge in [-0.05, 0) is 49.6 Å². The number of benzene rings is 2. The Labute approximate surface area is 211 Å². The van der Waals surface area contributed by atoms with Gasteiger partial charge in [-0.3, -0.25) is 0 Å². The summed E-state index contributed by atoms with van der Waals surface area (Å²) < 4.78 is 49.2. The molecule has 0 saturated heterocycles. The molecule has 6 nitrogen and oxygen atoms in total. The van der Waals surface area contributed by atoms with Gasteiger partial charge in [-0.2, -0.15) is 4.31 Å². The number of fused-ring (bicyclic) bond motifs is 1. The Kier molecular flexibility index (Phi) is 8.42. The van der Waals surface area contributed by atoms with Crippen LogP contribution in [0, 0.1) is 5.92 Å². The summed E-state index contributed by atoms with van der Waals surface area (Å²) in [6.45, 7) is 2.40. The van der Waals surface area contributed by atoms with Crippen LogP contribution in [-0.2, 0) is 10.0 Å². The minimum absolute atomic E-state index is 0.159. The molecular weight excluding hydrogens is 487 g/mol. The fourth-order valence-corrected chi connectivity index (χ4v) is 6.87. The molecule has 0 radical (unpaired) electrons. The lowest BCUT2D eigenvalue weighted by Crippen LogP contribution is -2.44. The zero-order chi connectivity index (χ0) is 25.0. The maximum atomic E-state index is 14.2. The molecule has 9 heteroatoms. The molecular formula is C26H33FN2O4S2. The topological polar surface area (TPSA) is 70.1 Å². The first kappa shape index (κ1) is 26.0. The maximum absolute atomic E-state index is 14.2. The van der Waals surface area contributed by atoms with Gasteiger partial charge in [-0.1, -0.05) is 38.0 Å². The van der Waals surface area contributed by atoms with Crippen molar-refractivity contribution in [2.24, 2.45) is 5.92 Å². The van der Waals surface area contributed by atoms with E-state index in [1.54, 1.807) is 4.31 Å². The highest BCUT2D eigenvalue weighted by Gasteiger charge is 2.42. The summed E-state index contributed by atoms with van der Waals surface area (Å²) in [7, 11) is -3.85. The molecule has 190 valence electrons. The average molecular weight is 521 g/mol. The SMILES string of the molecule is CCCCC1CN(c2ccccc2)c2cc(SC)c(O/C=C(\F)CO)cc2S(=O)(=O)N1CC1CC1. The zero-order valence-corrected chi connectivity index (χ0v) is 21.8. The second-order valence-corrected chi connectivity index (χ2v) is 11.8. The lowest BCUT2D eigenvalue weighted by molar-refractivity contribution is 0.287. The highest BCUT2D eigenvalue weighted by Crippen LogP contribution is 2.45. The largest absolute Gasteiger partial charge is 0.461 e. The highest BCUT2D eigenvalue weighted by atomic mass is 32.2. The Morgan fingerprint density at radius 3 is 2.63 bits per heavy atom. The van der Waals surface area contributed by atoms with E-state index in [2.05, 4.69) is 11.8 Å². The molecule has 4 rings (SSSR count). The fraction of sp³-hybridized carbons (Fsp3) is 0.462. The van der Waals surface area contributed by atoms with Crippen molar-refractivity contribution in [2.75, 3.05) is 30.9 Å². The van der Waals surface area contributed by atoms with Crippen LogP contribution in [0.2, 0.25) is 0 Å². The van der Waals surface area contributed by atoms with Crippen LogP contribution in [0.3, 0.4) is 0 Å². The molecule has 1 aliphatic carbocycles. The minimum Gasteiger partial charge on any atom is -0.461 e. The molecule has 2 aliphatic rings. The van der Waals surface area contributed by atoms with Crippen molar-refractivity contribution in [3.63, 3.8) is 0 Å². The maximum Gasteiger partial charge on any atom is 0.245 e. The van der Waals surface area contributed by atoms with E-state index in [0.717, 1.165) is 44.1 Å². The molecule has 1 N–H and O–H groups in total. The fourth-order valence-electron chi connectivity index (χ4n) is 4.42. The van der Waals surface area contributed by atoms with E-state index in [-0.39, 0.29) is 16.7 Å². The van der Waals surface area contributed by atoms with Crippen LogP contribution in [0.5, 0.6) is 5.75 Å². The predicted octanol–water partition coefficient (Wildman–Crippen LogP) is 5.70. The molecule has 1 fully saturated rings. The van der Waals surface area contributed by atoms with Crippen molar-refractivity contribution in [3.8, 4) is 5.75 Å². The number of unbranched alkanes of at least 4 members (excludes halogenated alkanes) is 1. The van der Waals surface area contributed by atoms with Crippen LogP contribution >= 0.6 is 11.8 Å². The number of halogens is 1. The lowest BCUT2D eigenvalue weighted by atomic mass is 10.1. The number of para-hydroxylation sites is 1. The summed E-state index contributed by atoms with van der Waals surface area (Å²) in [4.78, 5) is 2.93. The number of anilines is 2. The Balaban J connectivity index is 1.90. The number of hydrogen-bond donors (Lipinski definition) is 1. The van der Waals surface area contributed by atoms with E-state index in [1.807, 2.05) is 42.7 Å². The zero-order valence-electron chi connectivity index (χ0n) is 20.2. The van der Waals surface area contributed by atoms with Crippen LogP contribution in [0.25, 0.3) is 0 Å². The number of sulfonamides is 1. The van der Waals surface area contributed by atoms with Crippen LogP contribution in [0.15, 0.2) is 64.3 Å². The third-order valence-electron chi connectivity index (χ3n) is 6.48. The summed E-state index contributed by atoms with van der Waals surface area (Å²) in [5.41, 5.74) is 1.52. The molecule has 0 spiro atoms. The number of ether oxygens (including phenoxy) is 1. The molecule has 35 heavy (non-hydrogen) atoms. The normalized spacial score (nSPS) is 20.4. The van der Waals surface area contributed by atoms with E-state index >= 15 is 0 Å². The van der Waals surface area contributed by atoms with Crippen molar-refractivity contribution >= 4 is 33.2 Å². The van der Waals surface area contributed by atoms with Crippen molar-refractivity contribution < 1.29 is 22.7 Å². The van der Waals surface area contributed by atoms with Gasteiger partial charge in [0.2, 0.25) is 10.0 Å². The quantitative estimate of drug-likeness (QED) is 0.320. The number of nitrogens with zero attached hydrogens (tertiary/aromatic N) is 2. The molecule has 0 amide bonds. The molecule has 1 heterocycles. The first-order valence-electron chi connectivity index (χ1n) is 12.1. The van der Waals surface area contributed by atoms with Crippen molar-refractivity contribution in [1.82, 2.24) is 4.31 Å². The number of aliphatic hydroxyl groups is 1. The minimum atomic E-state index is -3.85. The van der Waals surface area contributed by atoms with Gasteiger partial charge >= 0.3 is 0 Å². The smallest absolute Gasteiger partial charge is 0.245 e. The van der Waals surface area contributed by atoms with Crippen molar-refractivity contribution in [1.29, 1.82) is 0 Å². The Bertz CT molecular complexity index is 1150. The molecule has 1 atom stereocenters. The van der Waals surface area contributed by atoms with Gasteiger partial charge in [0.05, 0.1) is 17.2 Å². The molecule has 1 unspecified atom stereocenters. The standard InChI is InChI=1S/C26H33FN2O4S2/c1-3-4-8-22-16-28(21-9-6-5-7-10-21)23-13-25(34-2)24(33-18-20(27)17-30)14-26(23)35(31,32)29(22)15-19-11-12-19/h5-7,9-10,13-14,18-19,22,30H,3-4,8,11-12,15-17H2,1-2H3/b20-18-. The van der Waals surface area contributed by atoms with Crippen molar-refractivity contribution in [2.45, 2.75) is 54.9 Å². The van der Waals surface area contributed by atoms with Gasteiger partial charge in [-0.15, -0.1) is 11.8 Å². The third kappa shape index (κ3) is 5.85. The van der Waals surface area contributed by atoms with Crippen molar-refractivity contribution in [3.05, 3.63) is 54.6 Å². The molecule has 0 bridgehead atoms. The molecule has 0 aromatic heterocycles. The van der Waals surface area contributed by atoms with Gasteiger partial charge < -0.3 is 14.7 Å². The Hall–Kier alpha value is -2.07. The number of thioether (sulfide) groups is 1. The van der Waals surface area contributed by atoms with Gasteiger partial charge in [-0.25, -0.2) is 12.8 Å². The number of hydrogen-bond acceptors (Lipinski definition) is 6. The van der Waals surface area contributed by atoms with Gasteiger partial charge in [0.15, 0.2) is 5.83 Å². The summed E-state index contributed by atoms with van der Waals surface area (Å²) >= 11 is 1.39. The Morgan fingerprint density at radius 1 is 1.26 bits per heavy atom. The first-order valence-corrected chi connectivity index (χ1v) is 14.7. The van der Waals surface area contributed by atoms with Gasteiger partial charge in [0.25, 0.3) is 0 Å². The summed E-state index contributed by atoms with van der Waals surface area (Å²) in [6.07, 6.45) is 7.50. The van der Waals surface area contributed by atoms with E-state index in [9.17, 15) is 12.8 Å². The number of aliphatic hydroxyl groups excluding tert-OH is 1. The lowest BCUT2D eigenvalue weighted by Gasteiger charge is -2.31. The van der Waals surface area contributed by atoms with Crippen LogP contribution in [0.4, 0.5) is 15.8 Å². The van der Waals surface area contributed by atoms with Crippen LogP contribution in [0.1, 0.15) is 39.0 Å². The summed E-state index contributed by atoms with van der Waals surface area (Å²) in [5.74, 6) is -0.200. The molecule has 1 saturated carbocycles. The monoisotopic (exact) mass is 520 g/mol. The second kappa shape index (κ2) is 11.3. The molecule has 2 aromatic carbocycles. The predicted molar refractivity (Wildman–Crippen MR) is 139 cm³/mol. The van der Waals surface area contributed by atoms with Crippen LogP contribution in [-0.4, -0.2) is 49.8 Å². The van der Waals surface area contributed by atoms with E-state index in [0.29, 0.717) is 29.6 Å². The second-order valence-electron chi connectivity index (χ2n) is 9.07. The molecule has 1 aliphatic heterocycles.